The summed E-state index contributed by atoms with van der Waals surface area (Å²) < 4.78 is 5.35. The van der Waals surface area contributed by atoms with Crippen LogP contribution in [0.25, 0.3) is 0 Å². The highest BCUT2D eigenvalue weighted by atomic mass is 35.5. The lowest BCUT2D eigenvalue weighted by Gasteiger charge is -2.68. The van der Waals surface area contributed by atoms with E-state index in [0.29, 0.717) is 24.8 Å². The largest absolute Gasteiger partial charge is 0.378 e. The second kappa shape index (κ2) is 3.77. The van der Waals surface area contributed by atoms with E-state index < -0.39 is 4.92 Å². The van der Waals surface area contributed by atoms with Gasteiger partial charge in [0.15, 0.2) is 5.78 Å². The summed E-state index contributed by atoms with van der Waals surface area (Å²) in [6.07, 6.45) is 2.14. The van der Waals surface area contributed by atoms with Gasteiger partial charge in [-0.1, -0.05) is 11.6 Å². The maximum atomic E-state index is 12.4. The van der Waals surface area contributed by atoms with Crippen LogP contribution in [0.4, 0.5) is 5.69 Å². The van der Waals surface area contributed by atoms with Crippen LogP contribution in [0.5, 0.6) is 0 Å². The summed E-state index contributed by atoms with van der Waals surface area (Å²) in [5, 5.41) is 10.9. The van der Waals surface area contributed by atoms with Gasteiger partial charge in [0.05, 0.1) is 10.5 Å². The molecule has 6 heteroatoms. The Morgan fingerprint density at radius 2 is 2.05 bits per heavy atom. The SMILES string of the molecule is COC12CC(C(=O)c3ccc(Cl)c([N+](=O)[O-])c3)(C1)C2. The first kappa shape index (κ1) is 12.6. The van der Waals surface area contributed by atoms with E-state index in [2.05, 4.69) is 0 Å². The van der Waals surface area contributed by atoms with Crippen LogP contribution in [0.1, 0.15) is 29.6 Å². The van der Waals surface area contributed by atoms with Crippen molar-refractivity contribution < 1.29 is 14.5 Å². The van der Waals surface area contributed by atoms with Crippen LogP contribution in [0.2, 0.25) is 5.02 Å². The monoisotopic (exact) mass is 281 g/mol. The molecule has 3 saturated carbocycles. The molecule has 3 aliphatic rings. The van der Waals surface area contributed by atoms with E-state index in [0.717, 1.165) is 0 Å². The van der Waals surface area contributed by atoms with Crippen LogP contribution >= 0.6 is 11.6 Å². The minimum Gasteiger partial charge on any atom is -0.378 e. The molecule has 2 bridgehead atoms. The normalized spacial score (nSPS) is 31.3. The van der Waals surface area contributed by atoms with Gasteiger partial charge in [-0.3, -0.25) is 14.9 Å². The van der Waals surface area contributed by atoms with E-state index in [1.165, 1.54) is 12.1 Å². The molecule has 1 aromatic rings. The summed E-state index contributed by atoms with van der Waals surface area (Å²) in [4.78, 5) is 22.7. The fourth-order valence-electron chi connectivity index (χ4n) is 3.25. The molecule has 0 amide bonds. The predicted octanol–water partition coefficient (Wildman–Crippen LogP) is 3.00. The minimum atomic E-state index is -0.572. The third kappa shape index (κ3) is 1.61. The van der Waals surface area contributed by atoms with E-state index in [4.69, 9.17) is 16.3 Å². The summed E-state index contributed by atoms with van der Waals surface area (Å²) in [6.45, 7) is 0. The summed E-state index contributed by atoms with van der Waals surface area (Å²) >= 11 is 5.74. The smallest absolute Gasteiger partial charge is 0.288 e. The van der Waals surface area contributed by atoms with Crippen LogP contribution in [0.15, 0.2) is 18.2 Å². The lowest BCUT2D eigenvalue weighted by molar-refractivity contribution is -0.384. The highest BCUT2D eigenvalue weighted by Gasteiger charge is 2.72. The predicted molar refractivity (Wildman–Crippen MR) is 68.5 cm³/mol. The Bertz CT molecular complexity index is 579. The van der Waals surface area contributed by atoms with E-state index in [-0.39, 0.29) is 27.5 Å². The zero-order valence-corrected chi connectivity index (χ0v) is 11.1. The molecule has 5 nitrogen and oxygen atoms in total. The fourth-order valence-corrected chi connectivity index (χ4v) is 3.44. The Morgan fingerprint density at radius 1 is 1.42 bits per heavy atom. The zero-order chi connectivity index (χ0) is 13.8. The third-order valence-corrected chi connectivity index (χ3v) is 4.62. The van der Waals surface area contributed by atoms with Crippen LogP contribution in [0.3, 0.4) is 0 Å². The van der Waals surface area contributed by atoms with E-state index in [9.17, 15) is 14.9 Å². The Labute approximate surface area is 114 Å². The van der Waals surface area contributed by atoms with Crippen molar-refractivity contribution in [2.45, 2.75) is 24.9 Å². The first-order chi connectivity index (χ1) is 8.91. The highest BCUT2D eigenvalue weighted by Crippen LogP contribution is 2.69. The van der Waals surface area contributed by atoms with Crippen LogP contribution < -0.4 is 0 Å². The Hall–Kier alpha value is -1.46. The van der Waals surface area contributed by atoms with Gasteiger partial charge in [0.25, 0.3) is 5.69 Å². The lowest BCUT2D eigenvalue weighted by Crippen LogP contribution is -2.70. The molecule has 0 spiro atoms. The molecule has 100 valence electrons. The molecule has 3 fully saturated rings. The molecule has 1 aromatic carbocycles. The van der Waals surface area contributed by atoms with Crippen molar-refractivity contribution in [3.05, 3.63) is 38.9 Å². The maximum Gasteiger partial charge on any atom is 0.288 e. The topological polar surface area (TPSA) is 69.4 Å². The maximum absolute atomic E-state index is 12.4. The lowest BCUT2D eigenvalue weighted by atomic mass is 9.39. The van der Waals surface area contributed by atoms with E-state index >= 15 is 0 Å². The number of carbonyl (C=O) groups is 1. The molecular weight excluding hydrogens is 270 g/mol. The number of methoxy groups -OCH3 is 1. The molecule has 4 rings (SSSR count). The second-order valence-corrected chi connectivity index (χ2v) is 5.86. The van der Waals surface area contributed by atoms with Gasteiger partial charge >= 0.3 is 0 Å². The standard InChI is InChI=1S/C13H12ClNO4/c1-19-13-5-12(6-13,7-13)11(16)8-2-3-9(14)10(4-8)15(17)18/h2-4H,5-7H2,1H3. The molecule has 0 unspecified atom stereocenters. The van der Waals surface area contributed by atoms with Gasteiger partial charge < -0.3 is 4.74 Å². The van der Waals surface area contributed by atoms with Gasteiger partial charge in [0.1, 0.15) is 5.02 Å². The molecular formula is C13H12ClNO4. The van der Waals surface area contributed by atoms with E-state index in [1.54, 1.807) is 13.2 Å². The Kier molecular flexibility index (Phi) is 2.50. The van der Waals surface area contributed by atoms with Gasteiger partial charge in [0.2, 0.25) is 0 Å². The number of nitrogens with zero attached hydrogens (tertiary/aromatic N) is 1. The number of rotatable bonds is 4. The summed E-state index contributed by atoms with van der Waals surface area (Å²) in [5.74, 6) is -0.0359. The first-order valence-corrected chi connectivity index (χ1v) is 6.33. The van der Waals surface area contributed by atoms with Crippen molar-refractivity contribution in [1.29, 1.82) is 0 Å². The molecule has 0 aromatic heterocycles. The van der Waals surface area contributed by atoms with Crippen LogP contribution in [0, 0.1) is 15.5 Å². The minimum absolute atomic E-state index is 0.0359. The van der Waals surface area contributed by atoms with Gasteiger partial charge in [-0.2, -0.15) is 0 Å². The molecule has 0 aliphatic heterocycles. The van der Waals surface area contributed by atoms with Gasteiger partial charge in [-0.15, -0.1) is 0 Å². The number of benzene rings is 1. The van der Waals surface area contributed by atoms with Crippen molar-refractivity contribution in [1.82, 2.24) is 0 Å². The summed E-state index contributed by atoms with van der Waals surface area (Å²) in [5.41, 5.74) is -0.341. The average molecular weight is 282 g/mol. The molecule has 19 heavy (non-hydrogen) atoms. The van der Waals surface area contributed by atoms with E-state index in [1.807, 2.05) is 0 Å². The van der Waals surface area contributed by atoms with Crippen molar-refractivity contribution in [3.8, 4) is 0 Å². The number of halogens is 1. The second-order valence-electron chi connectivity index (χ2n) is 5.45. The number of carbonyl (C=O) groups excluding carboxylic acids is 1. The van der Waals surface area contributed by atoms with Crippen molar-refractivity contribution >= 4 is 23.1 Å². The van der Waals surface area contributed by atoms with Gasteiger partial charge in [-0.05, 0) is 31.4 Å². The number of ether oxygens (including phenoxy) is 1. The summed E-state index contributed by atoms with van der Waals surface area (Å²) in [7, 11) is 1.65. The Morgan fingerprint density at radius 3 is 2.58 bits per heavy atom. The molecule has 0 saturated heterocycles. The highest BCUT2D eigenvalue weighted by molar-refractivity contribution is 6.32. The molecule has 0 atom stereocenters. The number of nitro benzene ring substituents is 1. The van der Waals surface area contributed by atoms with Crippen molar-refractivity contribution in [3.63, 3.8) is 0 Å². The molecule has 3 aliphatic carbocycles. The molecule has 0 radical (unpaired) electrons. The Balaban J connectivity index is 1.86. The number of Topliss-reactive ketones (excluding diaryl/α,β-unsaturated/α-hetero) is 1. The molecule has 0 N–H and O–H groups in total. The number of hydrogen-bond donors (Lipinski definition) is 0. The third-order valence-electron chi connectivity index (χ3n) is 4.30. The van der Waals surface area contributed by atoms with Gasteiger partial charge in [-0.25, -0.2) is 0 Å². The number of ketones is 1. The van der Waals surface area contributed by atoms with Crippen LogP contribution in [-0.4, -0.2) is 23.4 Å². The van der Waals surface area contributed by atoms with Gasteiger partial charge in [0, 0.05) is 24.2 Å². The van der Waals surface area contributed by atoms with Crippen LogP contribution in [-0.2, 0) is 4.74 Å². The van der Waals surface area contributed by atoms with Crippen molar-refractivity contribution in [2.75, 3.05) is 7.11 Å². The number of hydrogen-bond acceptors (Lipinski definition) is 4. The number of nitro groups is 1. The molecule has 0 heterocycles. The fraction of sp³-hybridized carbons (Fsp3) is 0.462. The van der Waals surface area contributed by atoms with Crippen molar-refractivity contribution in [2.24, 2.45) is 5.41 Å². The zero-order valence-electron chi connectivity index (χ0n) is 10.3. The summed E-state index contributed by atoms with van der Waals surface area (Å²) in [6, 6.07) is 4.23. The quantitative estimate of drug-likeness (QED) is 0.483. The first-order valence-electron chi connectivity index (χ1n) is 5.95. The average Bonchev–Trinajstić information content (AvgIpc) is 2.26.